The summed E-state index contributed by atoms with van der Waals surface area (Å²) in [6.07, 6.45) is 3.03. The summed E-state index contributed by atoms with van der Waals surface area (Å²) >= 11 is 12.8. The van der Waals surface area contributed by atoms with Gasteiger partial charge in [0.15, 0.2) is 0 Å². The number of hydrogen-bond acceptors (Lipinski definition) is 3. The first-order valence-corrected chi connectivity index (χ1v) is 8.73. The highest BCUT2D eigenvalue weighted by molar-refractivity contribution is 6.42. The van der Waals surface area contributed by atoms with Crippen LogP contribution in [-0.2, 0) is 0 Å². The number of benzene rings is 1. The van der Waals surface area contributed by atoms with E-state index in [1.165, 1.54) is 0 Å². The third-order valence-electron chi connectivity index (χ3n) is 4.23. The Hall–Kier alpha value is -1.13. The Bertz CT molecular complexity index is 650. The first kappa shape index (κ1) is 16.7. The zero-order chi connectivity index (χ0) is 16.2. The molecule has 0 radical (unpaired) electrons. The Kier molecular flexibility index (Phi) is 5.54. The predicted octanol–water partition coefficient (Wildman–Crippen LogP) is 4.08. The molecule has 0 spiro atoms. The molecule has 23 heavy (non-hydrogen) atoms. The fourth-order valence-electron chi connectivity index (χ4n) is 3.04. The standard InChI is InChI=1S/C18H21Cl2N3/c1-13-6-7-16(22-12-13)18(23-10-3-8-21-9-11-23)14-4-2-5-15(19)17(14)20/h2,4-7,12,18,21H,3,8-11H2,1H3. The van der Waals surface area contributed by atoms with Crippen LogP contribution in [0.1, 0.15) is 29.3 Å². The van der Waals surface area contributed by atoms with Crippen LogP contribution in [0.25, 0.3) is 0 Å². The zero-order valence-corrected chi connectivity index (χ0v) is 14.7. The molecule has 1 fully saturated rings. The molecular weight excluding hydrogens is 329 g/mol. The maximum atomic E-state index is 6.53. The molecule has 1 saturated heterocycles. The first-order valence-electron chi connectivity index (χ1n) is 7.98. The second-order valence-corrected chi connectivity index (χ2v) is 6.73. The fourth-order valence-corrected chi connectivity index (χ4v) is 3.45. The molecule has 0 saturated carbocycles. The number of hydrogen-bond donors (Lipinski definition) is 1. The van der Waals surface area contributed by atoms with E-state index in [9.17, 15) is 0 Å². The van der Waals surface area contributed by atoms with E-state index in [0.717, 1.165) is 49.4 Å². The van der Waals surface area contributed by atoms with Gasteiger partial charge >= 0.3 is 0 Å². The molecule has 2 aromatic rings. The molecule has 1 unspecified atom stereocenters. The highest BCUT2D eigenvalue weighted by Crippen LogP contribution is 2.36. The predicted molar refractivity (Wildman–Crippen MR) is 96.3 cm³/mol. The van der Waals surface area contributed by atoms with Crippen molar-refractivity contribution in [1.82, 2.24) is 15.2 Å². The average molecular weight is 350 g/mol. The Morgan fingerprint density at radius 3 is 2.78 bits per heavy atom. The minimum Gasteiger partial charge on any atom is -0.315 e. The summed E-state index contributed by atoms with van der Waals surface area (Å²) < 4.78 is 0. The fraction of sp³-hybridized carbons (Fsp3) is 0.389. The largest absolute Gasteiger partial charge is 0.315 e. The monoisotopic (exact) mass is 349 g/mol. The molecule has 1 aliphatic rings. The lowest BCUT2D eigenvalue weighted by molar-refractivity contribution is 0.237. The van der Waals surface area contributed by atoms with Crippen molar-refractivity contribution in [1.29, 1.82) is 0 Å². The SMILES string of the molecule is Cc1ccc(C(c2cccc(Cl)c2Cl)N2CCCNCC2)nc1. The Labute approximate surface area is 147 Å². The smallest absolute Gasteiger partial charge is 0.0791 e. The summed E-state index contributed by atoms with van der Waals surface area (Å²) in [6.45, 7) is 6.04. The van der Waals surface area contributed by atoms with Crippen molar-refractivity contribution >= 4 is 23.2 Å². The molecule has 5 heteroatoms. The van der Waals surface area contributed by atoms with Crippen molar-refractivity contribution in [2.75, 3.05) is 26.2 Å². The van der Waals surface area contributed by atoms with Crippen molar-refractivity contribution in [3.05, 3.63) is 63.4 Å². The van der Waals surface area contributed by atoms with Crippen LogP contribution in [-0.4, -0.2) is 36.1 Å². The Balaban J connectivity index is 2.05. The average Bonchev–Trinajstić information content (AvgIpc) is 2.83. The molecule has 1 N–H and O–H groups in total. The van der Waals surface area contributed by atoms with E-state index in [1.807, 2.05) is 25.3 Å². The molecule has 0 amide bonds. The summed E-state index contributed by atoms with van der Waals surface area (Å²) in [7, 11) is 0. The maximum absolute atomic E-state index is 6.53. The second kappa shape index (κ2) is 7.63. The van der Waals surface area contributed by atoms with Gasteiger partial charge in [0.05, 0.1) is 21.8 Å². The lowest BCUT2D eigenvalue weighted by Crippen LogP contribution is -2.33. The third kappa shape index (κ3) is 3.86. The summed E-state index contributed by atoms with van der Waals surface area (Å²) in [5, 5.41) is 4.66. The van der Waals surface area contributed by atoms with Gasteiger partial charge in [-0.15, -0.1) is 0 Å². The van der Waals surface area contributed by atoms with Gasteiger partial charge < -0.3 is 5.32 Å². The van der Waals surface area contributed by atoms with Gasteiger partial charge in [0.2, 0.25) is 0 Å². The van der Waals surface area contributed by atoms with E-state index in [0.29, 0.717) is 10.0 Å². The van der Waals surface area contributed by atoms with Gasteiger partial charge in [-0.3, -0.25) is 9.88 Å². The molecular formula is C18H21Cl2N3. The van der Waals surface area contributed by atoms with Gasteiger partial charge in [-0.25, -0.2) is 0 Å². The van der Waals surface area contributed by atoms with E-state index in [2.05, 4.69) is 33.4 Å². The van der Waals surface area contributed by atoms with Crippen LogP contribution in [0.2, 0.25) is 10.0 Å². The first-order chi connectivity index (χ1) is 11.2. The Morgan fingerprint density at radius 2 is 2.00 bits per heavy atom. The molecule has 0 bridgehead atoms. The summed E-state index contributed by atoms with van der Waals surface area (Å²) in [5.74, 6) is 0. The summed E-state index contributed by atoms with van der Waals surface area (Å²) in [6, 6.07) is 10.1. The highest BCUT2D eigenvalue weighted by atomic mass is 35.5. The molecule has 1 atom stereocenters. The van der Waals surface area contributed by atoms with Crippen LogP contribution in [0.3, 0.4) is 0 Å². The van der Waals surface area contributed by atoms with Crippen LogP contribution in [0.5, 0.6) is 0 Å². The maximum Gasteiger partial charge on any atom is 0.0791 e. The minimum absolute atomic E-state index is 0.0294. The topological polar surface area (TPSA) is 28.2 Å². The van der Waals surface area contributed by atoms with Gasteiger partial charge in [-0.05, 0) is 43.1 Å². The molecule has 0 aliphatic carbocycles. The molecule has 1 aromatic carbocycles. The molecule has 122 valence electrons. The number of pyridine rings is 1. The number of rotatable bonds is 3. The number of aryl methyl sites for hydroxylation is 1. The molecule has 2 heterocycles. The molecule has 3 rings (SSSR count). The van der Waals surface area contributed by atoms with Crippen LogP contribution in [0.4, 0.5) is 0 Å². The van der Waals surface area contributed by atoms with Gasteiger partial charge in [0.25, 0.3) is 0 Å². The number of nitrogens with one attached hydrogen (secondary N) is 1. The van der Waals surface area contributed by atoms with Gasteiger partial charge in [0.1, 0.15) is 0 Å². The van der Waals surface area contributed by atoms with Gasteiger partial charge in [-0.2, -0.15) is 0 Å². The van der Waals surface area contributed by atoms with Crippen LogP contribution < -0.4 is 5.32 Å². The van der Waals surface area contributed by atoms with Crippen LogP contribution >= 0.6 is 23.2 Å². The highest BCUT2D eigenvalue weighted by Gasteiger charge is 2.26. The van der Waals surface area contributed by atoms with Gasteiger partial charge in [0, 0.05) is 25.8 Å². The lowest BCUT2D eigenvalue weighted by atomic mass is 10.00. The summed E-state index contributed by atoms with van der Waals surface area (Å²) in [5.41, 5.74) is 3.20. The van der Waals surface area contributed by atoms with E-state index >= 15 is 0 Å². The number of nitrogens with zero attached hydrogens (tertiary/aromatic N) is 2. The van der Waals surface area contributed by atoms with Crippen molar-refractivity contribution in [2.24, 2.45) is 0 Å². The normalized spacial score (nSPS) is 17.7. The zero-order valence-electron chi connectivity index (χ0n) is 13.2. The lowest BCUT2D eigenvalue weighted by Gasteiger charge is -2.31. The van der Waals surface area contributed by atoms with Crippen molar-refractivity contribution in [2.45, 2.75) is 19.4 Å². The van der Waals surface area contributed by atoms with Crippen molar-refractivity contribution in [3.8, 4) is 0 Å². The number of aromatic nitrogens is 1. The Morgan fingerprint density at radius 1 is 1.13 bits per heavy atom. The van der Waals surface area contributed by atoms with Gasteiger partial charge in [-0.1, -0.05) is 41.4 Å². The van der Waals surface area contributed by atoms with E-state index < -0.39 is 0 Å². The van der Waals surface area contributed by atoms with E-state index in [1.54, 1.807) is 0 Å². The minimum atomic E-state index is 0.0294. The van der Waals surface area contributed by atoms with Crippen LogP contribution in [0.15, 0.2) is 36.5 Å². The van der Waals surface area contributed by atoms with E-state index in [-0.39, 0.29) is 6.04 Å². The second-order valence-electron chi connectivity index (χ2n) is 5.95. The molecule has 1 aliphatic heterocycles. The van der Waals surface area contributed by atoms with Crippen molar-refractivity contribution in [3.63, 3.8) is 0 Å². The molecule has 3 nitrogen and oxygen atoms in total. The third-order valence-corrected chi connectivity index (χ3v) is 5.06. The van der Waals surface area contributed by atoms with Crippen LogP contribution in [0, 0.1) is 6.92 Å². The molecule has 1 aromatic heterocycles. The van der Waals surface area contributed by atoms with Crippen molar-refractivity contribution < 1.29 is 0 Å². The summed E-state index contributed by atoms with van der Waals surface area (Å²) in [4.78, 5) is 7.11. The number of halogens is 2. The quantitative estimate of drug-likeness (QED) is 0.904. The van der Waals surface area contributed by atoms with E-state index in [4.69, 9.17) is 23.2 Å².